The molecule has 1 spiro atoms. The van der Waals surface area contributed by atoms with Gasteiger partial charge in [-0.1, -0.05) is 12.2 Å². The lowest BCUT2D eigenvalue weighted by Crippen LogP contribution is -2.42. The number of nitrogens with zero attached hydrogens (tertiary/aromatic N) is 1. The van der Waals surface area contributed by atoms with E-state index < -0.39 is 6.10 Å². The van der Waals surface area contributed by atoms with Gasteiger partial charge in [0.15, 0.2) is 17.7 Å². The van der Waals surface area contributed by atoms with E-state index in [9.17, 15) is 5.11 Å². The van der Waals surface area contributed by atoms with E-state index in [0.29, 0.717) is 6.42 Å². The highest BCUT2D eigenvalue weighted by molar-refractivity contribution is 5.83. The van der Waals surface area contributed by atoms with Gasteiger partial charge in [0.2, 0.25) is 0 Å². The van der Waals surface area contributed by atoms with Gasteiger partial charge in [-0.2, -0.15) is 0 Å². The molecule has 0 amide bonds. The summed E-state index contributed by atoms with van der Waals surface area (Å²) in [5, 5.41) is 9.97. The molecule has 4 nitrogen and oxygen atoms in total. The van der Waals surface area contributed by atoms with Crippen molar-refractivity contribution in [3.05, 3.63) is 35.4 Å². The van der Waals surface area contributed by atoms with Crippen LogP contribution in [0.1, 0.15) is 24.0 Å². The van der Waals surface area contributed by atoms with Crippen molar-refractivity contribution in [2.45, 2.75) is 30.5 Å². The molecule has 0 radical (unpaired) electrons. The number of hydrogen-bond acceptors (Lipinski definition) is 3. The van der Waals surface area contributed by atoms with Crippen molar-refractivity contribution in [1.29, 1.82) is 0 Å². The zero-order valence-electron chi connectivity index (χ0n) is 12.4. The third-order valence-electron chi connectivity index (χ3n) is 4.98. The summed E-state index contributed by atoms with van der Waals surface area (Å²) < 4.78 is 13.9. The highest BCUT2D eigenvalue weighted by Gasteiger charge is 2.53. The summed E-state index contributed by atoms with van der Waals surface area (Å²) >= 11 is 0. The van der Waals surface area contributed by atoms with E-state index in [1.165, 1.54) is 11.1 Å². The Labute approximate surface area is 124 Å². The molecule has 0 bridgehead atoms. The van der Waals surface area contributed by atoms with Crippen LogP contribution in [0, 0.1) is 0 Å². The lowest BCUT2D eigenvalue weighted by Gasteiger charge is -2.34. The predicted molar refractivity (Wildman–Crippen MR) is 79.7 cm³/mol. The average Bonchev–Trinajstić information content (AvgIpc) is 2.72. The number of benzene rings is 1. The number of methoxy groups -OCH3 is 1. The molecule has 21 heavy (non-hydrogen) atoms. The second kappa shape index (κ2) is 4.34. The molecule has 4 rings (SSSR count). The van der Waals surface area contributed by atoms with Crippen LogP contribution < -0.4 is 9.47 Å². The molecule has 2 heterocycles. The topological polar surface area (TPSA) is 41.7 Å². The minimum atomic E-state index is -0.422. The molecule has 3 aliphatic rings. The number of hydrogen-bond donors (Lipinski definition) is 1. The largest absolute Gasteiger partial charge is 0.493 e. The quantitative estimate of drug-likeness (QED) is 0.628. The van der Waals surface area contributed by atoms with Crippen molar-refractivity contribution in [2.24, 2.45) is 0 Å². The first-order valence-electron chi connectivity index (χ1n) is 7.45. The molecule has 110 valence electrons. The SMILES string of the molecule is COc1ccc2c3c1O[C@H]1C[C@H](O)C=C[C@@]31CC[N+](C)=C2. The lowest BCUT2D eigenvalue weighted by molar-refractivity contribution is -0.493. The summed E-state index contributed by atoms with van der Waals surface area (Å²) in [7, 11) is 3.78. The zero-order valence-corrected chi connectivity index (χ0v) is 12.4. The van der Waals surface area contributed by atoms with Crippen LogP contribution in [-0.4, -0.2) is 48.8 Å². The van der Waals surface area contributed by atoms with Gasteiger partial charge in [-0.05, 0) is 12.1 Å². The Morgan fingerprint density at radius 1 is 1.43 bits per heavy atom. The van der Waals surface area contributed by atoms with Crippen LogP contribution in [0.5, 0.6) is 11.5 Å². The van der Waals surface area contributed by atoms with Gasteiger partial charge in [0.1, 0.15) is 19.7 Å². The zero-order chi connectivity index (χ0) is 14.6. The van der Waals surface area contributed by atoms with Gasteiger partial charge in [0.05, 0.1) is 18.6 Å². The first kappa shape index (κ1) is 12.9. The van der Waals surface area contributed by atoms with Crippen molar-refractivity contribution in [3.8, 4) is 11.5 Å². The van der Waals surface area contributed by atoms with E-state index in [2.05, 4.69) is 30.0 Å². The van der Waals surface area contributed by atoms with Crippen molar-refractivity contribution >= 4 is 6.21 Å². The Hall–Kier alpha value is -1.81. The van der Waals surface area contributed by atoms with E-state index in [1.807, 2.05) is 12.1 Å². The fraction of sp³-hybridized carbons (Fsp3) is 0.471. The van der Waals surface area contributed by atoms with E-state index >= 15 is 0 Å². The van der Waals surface area contributed by atoms with E-state index in [0.717, 1.165) is 24.5 Å². The molecule has 0 saturated carbocycles. The normalized spacial score (nSPS) is 32.6. The molecule has 1 aliphatic carbocycles. The summed E-state index contributed by atoms with van der Waals surface area (Å²) in [6.07, 6.45) is 7.45. The number of ether oxygens (including phenoxy) is 2. The van der Waals surface area contributed by atoms with Crippen LogP contribution >= 0.6 is 0 Å². The van der Waals surface area contributed by atoms with Crippen LogP contribution in [0.25, 0.3) is 0 Å². The summed E-state index contributed by atoms with van der Waals surface area (Å²) in [6, 6.07) is 4.07. The molecule has 1 aromatic carbocycles. The van der Waals surface area contributed by atoms with Gasteiger partial charge in [0.25, 0.3) is 0 Å². The third kappa shape index (κ3) is 1.69. The smallest absolute Gasteiger partial charge is 0.170 e. The van der Waals surface area contributed by atoms with E-state index in [-0.39, 0.29) is 11.5 Å². The predicted octanol–water partition coefficient (Wildman–Crippen LogP) is 1.48. The molecule has 2 aliphatic heterocycles. The fourth-order valence-corrected chi connectivity index (χ4v) is 3.92. The van der Waals surface area contributed by atoms with Crippen molar-refractivity contribution < 1.29 is 19.2 Å². The highest BCUT2D eigenvalue weighted by atomic mass is 16.5. The van der Waals surface area contributed by atoms with Crippen molar-refractivity contribution in [2.75, 3.05) is 20.7 Å². The Morgan fingerprint density at radius 3 is 3.10 bits per heavy atom. The standard InChI is InChI=1S/C17H20NO3/c1-18-8-7-17-6-5-12(19)9-14(17)21-16-13(20-2)4-3-11(10-18)15(16)17/h3-6,10,12,14,19H,7-9H2,1-2H3/q+1/t12-,14+,17+/m1/s1. The molecule has 0 fully saturated rings. The average molecular weight is 286 g/mol. The van der Waals surface area contributed by atoms with Crippen molar-refractivity contribution in [3.63, 3.8) is 0 Å². The van der Waals surface area contributed by atoms with Crippen LogP contribution in [0.3, 0.4) is 0 Å². The summed E-state index contributed by atoms with van der Waals surface area (Å²) in [5.74, 6) is 1.63. The first-order valence-corrected chi connectivity index (χ1v) is 7.45. The third-order valence-corrected chi connectivity index (χ3v) is 4.98. The van der Waals surface area contributed by atoms with E-state index in [4.69, 9.17) is 9.47 Å². The molecular formula is C17H20NO3+. The monoisotopic (exact) mass is 286 g/mol. The van der Waals surface area contributed by atoms with Crippen molar-refractivity contribution in [1.82, 2.24) is 0 Å². The second-order valence-electron chi connectivity index (χ2n) is 6.23. The maximum Gasteiger partial charge on any atom is 0.170 e. The highest BCUT2D eigenvalue weighted by Crippen LogP contribution is 2.54. The molecule has 0 unspecified atom stereocenters. The van der Waals surface area contributed by atoms with Crippen LogP contribution in [0.4, 0.5) is 0 Å². The first-order chi connectivity index (χ1) is 10.1. The Morgan fingerprint density at radius 2 is 2.29 bits per heavy atom. The number of aliphatic hydroxyl groups is 1. The summed E-state index contributed by atoms with van der Waals surface area (Å²) in [4.78, 5) is 0. The van der Waals surface area contributed by atoms with Crippen LogP contribution in [-0.2, 0) is 5.41 Å². The van der Waals surface area contributed by atoms with Gasteiger partial charge in [0, 0.05) is 24.0 Å². The number of aliphatic hydroxyl groups excluding tert-OH is 1. The molecule has 0 aromatic heterocycles. The van der Waals surface area contributed by atoms with Crippen LogP contribution in [0.15, 0.2) is 24.3 Å². The van der Waals surface area contributed by atoms with E-state index in [1.54, 1.807) is 7.11 Å². The summed E-state index contributed by atoms with van der Waals surface area (Å²) in [6.45, 7) is 0.969. The minimum Gasteiger partial charge on any atom is -0.493 e. The molecule has 4 heteroatoms. The van der Waals surface area contributed by atoms with Gasteiger partial charge in [-0.3, -0.25) is 0 Å². The number of rotatable bonds is 1. The van der Waals surface area contributed by atoms with Gasteiger partial charge >= 0.3 is 0 Å². The molecule has 3 atom stereocenters. The Balaban J connectivity index is 1.99. The van der Waals surface area contributed by atoms with Gasteiger partial charge in [-0.15, -0.1) is 0 Å². The Bertz CT molecular complexity index is 664. The van der Waals surface area contributed by atoms with Gasteiger partial charge < -0.3 is 14.6 Å². The molecular weight excluding hydrogens is 266 g/mol. The lowest BCUT2D eigenvalue weighted by atomic mass is 9.69. The maximum atomic E-state index is 9.97. The molecule has 1 aromatic rings. The molecule has 1 N–H and O–H groups in total. The van der Waals surface area contributed by atoms with Crippen LogP contribution in [0.2, 0.25) is 0 Å². The second-order valence-corrected chi connectivity index (χ2v) is 6.23. The fourth-order valence-electron chi connectivity index (χ4n) is 3.92. The summed E-state index contributed by atoms with van der Waals surface area (Å²) in [5.41, 5.74) is 2.27. The Kier molecular flexibility index (Phi) is 2.67. The molecule has 0 saturated heterocycles. The maximum absolute atomic E-state index is 9.97. The minimum absolute atomic E-state index is 0.0116. The van der Waals surface area contributed by atoms with Gasteiger partial charge in [-0.25, -0.2) is 4.58 Å².